The molecule has 2 aromatic rings. The molecule has 0 aliphatic heterocycles. The number of nitrogens with one attached hydrogen (secondary N) is 1. The van der Waals surface area contributed by atoms with Gasteiger partial charge in [-0.1, -0.05) is 35.4 Å². The van der Waals surface area contributed by atoms with Gasteiger partial charge in [0.1, 0.15) is 0 Å². The fraction of sp³-hybridized carbons (Fsp3) is 0.222. The molecule has 116 valence electrons. The van der Waals surface area contributed by atoms with E-state index in [1.807, 2.05) is 52.0 Å². The average Bonchev–Trinajstić information content (AvgIpc) is 2.40. The SMILES string of the molecule is Cc1ccc(NS(=O)(=O)/C=C/c2c(C)cc(C)cc2C)cc1. The normalized spacial score (nSPS) is 11.8. The predicted molar refractivity (Wildman–Crippen MR) is 93.4 cm³/mol. The number of sulfonamides is 1. The molecule has 0 radical (unpaired) electrons. The summed E-state index contributed by atoms with van der Waals surface area (Å²) in [5.41, 5.74) is 5.91. The summed E-state index contributed by atoms with van der Waals surface area (Å²) in [6.07, 6.45) is 1.65. The third-order valence-corrected chi connectivity index (χ3v) is 4.48. The van der Waals surface area contributed by atoms with Crippen LogP contribution in [0.25, 0.3) is 6.08 Å². The second-order valence-electron chi connectivity index (χ2n) is 5.63. The third kappa shape index (κ3) is 4.21. The molecule has 0 bridgehead atoms. The van der Waals surface area contributed by atoms with Crippen LogP contribution in [0, 0.1) is 27.7 Å². The summed E-state index contributed by atoms with van der Waals surface area (Å²) in [5.74, 6) is 0. The van der Waals surface area contributed by atoms with E-state index in [0.717, 1.165) is 22.3 Å². The quantitative estimate of drug-likeness (QED) is 0.912. The van der Waals surface area contributed by atoms with Gasteiger partial charge in [-0.05, 0) is 62.6 Å². The molecule has 1 N–H and O–H groups in total. The van der Waals surface area contributed by atoms with Crippen LogP contribution in [0.4, 0.5) is 5.69 Å². The van der Waals surface area contributed by atoms with Gasteiger partial charge in [-0.2, -0.15) is 0 Å². The largest absolute Gasteiger partial charge is 0.280 e. The molecule has 0 unspecified atom stereocenters. The molecule has 0 aromatic heterocycles. The highest BCUT2D eigenvalue weighted by Crippen LogP contribution is 2.19. The summed E-state index contributed by atoms with van der Waals surface area (Å²) >= 11 is 0. The Hall–Kier alpha value is -2.07. The monoisotopic (exact) mass is 315 g/mol. The van der Waals surface area contributed by atoms with Crippen molar-refractivity contribution in [2.75, 3.05) is 4.72 Å². The van der Waals surface area contributed by atoms with Gasteiger partial charge in [-0.25, -0.2) is 8.42 Å². The van der Waals surface area contributed by atoms with Crippen LogP contribution < -0.4 is 4.72 Å². The molecule has 0 amide bonds. The standard InChI is InChI=1S/C18H21NO2S/c1-13-5-7-17(8-6-13)19-22(20,21)10-9-18-15(3)11-14(2)12-16(18)4/h5-12,19H,1-4H3/b10-9+. The van der Waals surface area contributed by atoms with Gasteiger partial charge in [0.05, 0.1) is 5.41 Å². The number of hydrogen-bond acceptors (Lipinski definition) is 2. The lowest BCUT2D eigenvalue weighted by atomic mass is 10.0. The summed E-state index contributed by atoms with van der Waals surface area (Å²) in [7, 11) is -3.52. The van der Waals surface area contributed by atoms with Crippen LogP contribution in [0.15, 0.2) is 41.8 Å². The minimum Gasteiger partial charge on any atom is -0.280 e. The molecule has 0 saturated heterocycles. The van der Waals surface area contributed by atoms with Crippen LogP contribution >= 0.6 is 0 Å². The van der Waals surface area contributed by atoms with Gasteiger partial charge >= 0.3 is 0 Å². The lowest BCUT2D eigenvalue weighted by molar-refractivity contribution is 0.609. The maximum atomic E-state index is 12.1. The van der Waals surface area contributed by atoms with Gasteiger partial charge in [-0.3, -0.25) is 4.72 Å². The first-order valence-corrected chi connectivity index (χ1v) is 8.67. The van der Waals surface area contributed by atoms with Crippen LogP contribution in [-0.2, 0) is 10.0 Å². The van der Waals surface area contributed by atoms with E-state index in [0.29, 0.717) is 5.69 Å². The van der Waals surface area contributed by atoms with Crippen LogP contribution in [0.2, 0.25) is 0 Å². The topological polar surface area (TPSA) is 46.2 Å². The Labute approximate surface area is 132 Å². The first kappa shape index (κ1) is 16.3. The minimum absolute atomic E-state index is 0.563. The lowest BCUT2D eigenvalue weighted by Gasteiger charge is -2.08. The summed E-state index contributed by atoms with van der Waals surface area (Å²) in [5, 5.41) is 1.22. The molecule has 0 atom stereocenters. The van der Waals surface area contributed by atoms with E-state index in [9.17, 15) is 8.42 Å². The lowest BCUT2D eigenvalue weighted by Crippen LogP contribution is -2.08. The van der Waals surface area contributed by atoms with E-state index in [1.165, 1.54) is 11.0 Å². The predicted octanol–water partition coefficient (Wildman–Crippen LogP) is 4.33. The van der Waals surface area contributed by atoms with Gasteiger partial charge in [-0.15, -0.1) is 0 Å². The van der Waals surface area contributed by atoms with E-state index in [1.54, 1.807) is 18.2 Å². The molecular formula is C18H21NO2S. The van der Waals surface area contributed by atoms with Crippen LogP contribution in [0.5, 0.6) is 0 Å². The van der Waals surface area contributed by atoms with Crippen molar-refractivity contribution in [1.82, 2.24) is 0 Å². The highest BCUT2D eigenvalue weighted by molar-refractivity contribution is 7.95. The van der Waals surface area contributed by atoms with E-state index >= 15 is 0 Å². The van der Waals surface area contributed by atoms with Gasteiger partial charge in [0.2, 0.25) is 0 Å². The third-order valence-electron chi connectivity index (χ3n) is 3.46. The van der Waals surface area contributed by atoms with E-state index in [4.69, 9.17) is 0 Å². The number of hydrogen-bond donors (Lipinski definition) is 1. The zero-order chi connectivity index (χ0) is 16.3. The highest BCUT2D eigenvalue weighted by atomic mass is 32.2. The Bertz CT molecular complexity index is 780. The number of anilines is 1. The molecule has 0 spiro atoms. The smallest absolute Gasteiger partial charge is 0.255 e. The molecule has 0 aliphatic rings. The Kier molecular flexibility index (Phi) is 4.71. The highest BCUT2D eigenvalue weighted by Gasteiger charge is 2.07. The van der Waals surface area contributed by atoms with Crippen molar-refractivity contribution in [3.8, 4) is 0 Å². The van der Waals surface area contributed by atoms with Crippen molar-refractivity contribution in [2.45, 2.75) is 27.7 Å². The van der Waals surface area contributed by atoms with Gasteiger partial charge in [0.15, 0.2) is 0 Å². The molecule has 0 fully saturated rings. The molecule has 3 nitrogen and oxygen atoms in total. The average molecular weight is 315 g/mol. The van der Waals surface area contributed by atoms with Crippen molar-refractivity contribution < 1.29 is 8.42 Å². The molecule has 22 heavy (non-hydrogen) atoms. The Morgan fingerprint density at radius 3 is 1.95 bits per heavy atom. The van der Waals surface area contributed by atoms with E-state index in [2.05, 4.69) is 4.72 Å². The molecule has 0 saturated carbocycles. The molecule has 2 aromatic carbocycles. The molecule has 0 aliphatic carbocycles. The molecular weight excluding hydrogens is 294 g/mol. The van der Waals surface area contributed by atoms with E-state index in [-0.39, 0.29) is 0 Å². The fourth-order valence-corrected chi connectivity index (χ4v) is 3.28. The maximum absolute atomic E-state index is 12.1. The van der Waals surface area contributed by atoms with Crippen LogP contribution in [-0.4, -0.2) is 8.42 Å². The molecule has 4 heteroatoms. The zero-order valence-electron chi connectivity index (χ0n) is 13.3. The summed E-state index contributed by atoms with van der Waals surface area (Å²) in [4.78, 5) is 0. The Morgan fingerprint density at radius 2 is 1.41 bits per heavy atom. The van der Waals surface area contributed by atoms with Crippen molar-refractivity contribution in [2.24, 2.45) is 0 Å². The minimum atomic E-state index is -3.52. The second-order valence-corrected chi connectivity index (χ2v) is 7.19. The fourth-order valence-electron chi connectivity index (χ4n) is 2.43. The van der Waals surface area contributed by atoms with Crippen molar-refractivity contribution in [1.29, 1.82) is 0 Å². The summed E-state index contributed by atoms with van der Waals surface area (Å²) < 4.78 is 26.9. The number of rotatable bonds is 4. The van der Waals surface area contributed by atoms with Crippen molar-refractivity contribution >= 4 is 21.8 Å². The van der Waals surface area contributed by atoms with Gasteiger partial charge in [0.25, 0.3) is 10.0 Å². The molecule has 0 heterocycles. The van der Waals surface area contributed by atoms with E-state index < -0.39 is 10.0 Å². The number of benzene rings is 2. The number of aryl methyl sites for hydroxylation is 4. The second kappa shape index (κ2) is 6.36. The van der Waals surface area contributed by atoms with Crippen LogP contribution in [0.3, 0.4) is 0 Å². The zero-order valence-corrected chi connectivity index (χ0v) is 14.2. The Morgan fingerprint density at radius 1 is 0.864 bits per heavy atom. The molecule has 2 rings (SSSR count). The van der Waals surface area contributed by atoms with Crippen molar-refractivity contribution in [3.05, 3.63) is 69.6 Å². The first-order valence-electron chi connectivity index (χ1n) is 7.12. The van der Waals surface area contributed by atoms with Crippen molar-refractivity contribution in [3.63, 3.8) is 0 Å². The Balaban J connectivity index is 2.23. The maximum Gasteiger partial charge on any atom is 0.255 e. The first-order chi connectivity index (χ1) is 10.3. The van der Waals surface area contributed by atoms with Gasteiger partial charge in [0, 0.05) is 5.69 Å². The summed E-state index contributed by atoms with van der Waals surface area (Å²) in [6.45, 7) is 7.96. The van der Waals surface area contributed by atoms with Gasteiger partial charge < -0.3 is 0 Å². The summed E-state index contributed by atoms with van der Waals surface area (Å²) in [6, 6.07) is 11.3. The van der Waals surface area contributed by atoms with Crippen LogP contribution in [0.1, 0.15) is 27.8 Å².